The van der Waals surface area contributed by atoms with Gasteiger partial charge in [0.15, 0.2) is 11.6 Å². The van der Waals surface area contributed by atoms with Crippen molar-refractivity contribution in [2.75, 3.05) is 6.54 Å². The highest BCUT2D eigenvalue weighted by molar-refractivity contribution is 6.12. The third-order valence-corrected chi connectivity index (χ3v) is 4.31. The zero-order chi connectivity index (χ0) is 15.7. The molecule has 2 N–H and O–H groups in total. The molecule has 0 saturated heterocycles. The van der Waals surface area contributed by atoms with Gasteiger partial charge in [-0.1, -0.05) is 30.3 Å². The highest BCUT2D eigenvalue weighted by Crippen LogP contribution is 2.22. The predicted molar refractivity (Wildman–Crippen MR) is 86.8 cm³/mol. The van der Waals surface area contributed by atoms with Crippen LogP contribution in [0, 0.1) is 5.92 Å². The minimum Gasteiger partial charge on any atom is -0.298 e. The Morgan fingerprint density at radius 2 is 1.77 bits per heavy atom. The van der Waals surface area contributed by atoms with Gasteiger partial charge in [-0.3, -0.25) is 20.2 Å². The molecular formula is C18H20N2O2. The topological polar surface area (TPSA) is 58.2 Å². The number of hydrogen-bond donors (Lipinski definition) is 2. The van der Waals surface area contributed by atoms with Gasteiger partial charge in [0.1, 0.15) is 0 Å². The first-order valence-corrected chi connectivity index (χ1v) is 7.61. The number of Topliss-reactive ketones (excluding diaryl/α,β-unsaturated/α-hetero) is 2. The number of hydrogen-bond acceptors (Lipinski definition) is 4. The molecule has 1 heterocycles. The van der Waals surface area contributed by atoms with Crippen LogP contribution in [-0.4, -0.2) is 24.3 Å². The third-order valence-electron chi connectivity index (χ3n) is 4.31. The molecule has 3 rings (SSSR count). The van der Waals surface area contributed by atoms with Crippen molar-refractivity contribution < 1.29 is 9.59 Å². The molecule has 0 spiro atoms. The van der Waals surface area contributed by atoms with E-state index in [0.29, 0.717) is 12.1 Å². The average molecular weight is 296 g/mol. The number of carbonyl (C=O) groups excluding carboxylic acids is 2. The van der Waals surface area contributed by atoms with E-state index >= 15 is 0 Å². The van der Waals surface area contributed by atoms with Crippen molar-refractivity contribution in [2.45, 2.75) is 26.6 Å². The van der Waals surface area contributed by atoms with Crippen molar-refractivity contribution in [3.05, 3.63) is 47.5 Å². The number of rotatable bonds is 0. The Hall–Kier alpha value is -2.04. The molecule has 4 heteroatoms. The number of benzene rings is 2. The van der Waals surface area contributed by atoms with E-state index in [9.17, 15) is 9.59 Å². The number of fused-ring (bicyclic) bond motifs is 1. The quantitative estimate of drug-likeness (QED) is 0.732. The summed E-state index contributed by atoms with van der Waals surface area (Å²) in [5, 5.41) is 8.66. The second kappa shape index (κ2) is 5.99. The largest absolute Gasteiger partial charge is 0.298 e. The third kappa shape index (κ3) is 2.80. The Kier molecular flexibility index (Phi) is 4.05. The normalized spacial score (nSPS) is 23.4. The smallest absolute Gasteiger partial charge is 0.173 e. The van der Waals surface area contributed by atoms with E-state index in [1.165, 1.54) is 0 Å². The van der Waals surface area contributed by atoms with E-state index in [-0.39, 0.29) is 24.3 Å². The van der Waals surface area contributed by atoms with Crippen molar-refractivity contribution in [1.29, 1.82) is 0 Å². The summed E-state index contributed by atoms with van der Waals surface area (Å²) in [4.78, 5) is 24.7. The summed E-state index contributed by atoms with van der Waals surface area (Å²) in [6, 6.07) is 11.8. The second-order valence-electron chi connectivity index (χ2n) is 5.89. The summed E-state index contributed by atoms with van der Waals surface area (Å²) in [6.45, 7) is 4.55. The second-order valence-corrected chi connectivity index (χ2v) is 5.89. The predicted octanol–water partition coefficient (Wildman–Crippen LogP) is 2.27. The SMILES string of the molecule is CC1NCC(=O)[C@@H](C)C(=O)c2ccc3cccc(c3c2)CN1. The van der Waals surface area contributed by atoms with Crippen LogP contribution in [0.2, 0.25) is 0 Å². The summed E-state index contributed by atoms with van der Waals surface area (Å²) < 4.78 is 0. The molecule has 2 aromatic rings. The summed E-state index contributed by atoms with van der Waals surface area (Å²) in [6.07, 6.45) is 0.00381. The monoisotopic (exact) mass is 296 g/mol. The number of carbonyl (C=O) groups is 2. The lowest BCUT2D eigenvalue weighted by Gasteiger charge is -2.19. The van der Waals surface area contributed by atoms with Crippen LogP contribution < -0.4 is 10.6 Å². The van der Waals surface area contributed by atoms with Gasteiger partial charge in [-0.25, -0.2) is 0 Å². The molecule has 4 nitrogen and oxygen atoms in total. The van der Waals surface area contributed by atoms with Crippen LogP contribution in [0.3, 0.4) is 0 Å². The van der Waals surface area contributed by atoms with Crippen molar-refractivity contribution in [3.8, 4) is 0 Å². The Bertz CT molecular complexity index is 739. The van der Waals surface area contributed by atoms with Gasteiger partial charge in [0.2, 0.25) is 0 Å². The van der Waals surface area contributed by atoms with Crippen LogP contribution in [0.4, 0.5) is 0 Å². The van der Waals surface area contributed by atoms with Gasteiger partial charge in [-0.2, -0.15) is 0 Å². The van der Waals surface area contributed by atoms with E-state index in [0.717, 1.165) is 16.3 Å². The maximum atomic E-state index is 12.5. The molecule has 0 saturated carbocycles. The molecule has 1 aliphatic rings. The Labute approximate surface area is 129 Å². The van der Waals surface area contributed by atoms with Gasteiger partial charge in [-0.05, 0) is 36.2 Å². The Morgan fingerprint density at radius 3 is 2.59 bits per heavy atom. The zero-order valence-electron chi connectivity index (χ0n) is 12.8. The van der Waals surface area contributed by atoms with Crippen LogP contribution in [0.25, 0.3) is 10.8 Å². The van der Waals surface area contributed by atoms with E-state index in [2.05, 4.69) is 16.7 Å². The Balaban J connectivity index is 2.12. The molecule has 0 fully saturated rings. The lowest BCUT2D eigenvalue weighted by molar-refractivity contribution is -0.120. The molecule has 1 aliphatic heterocycles. The number of nitrogens with one attached hydrogen (secondary N) is 2. The molecule has 114 valence electrons. The lowest BCUT2D eigenvalue weighted by Crippen LogP contribution is -2.43. The first kappa shape index (κ1) is 14.9. The van der Waals surface area contributed by atoms with E-state index in [4.69, 9.17) is 0 Å². The summed E-state index contributed by atoms with van der Waals surface area (Å²) in [7, 11) is 0. The fourth-order valence-corrected chi connectivity index (χ4v) is 2.78. The minimum absolute atomic E-state index is 0.00381. The van der Waals surface area contributed by atoms with Crippen molar-refractivity contribution >= 4 is 22.3 Å². The number of ketones is 2. The summed E-state index contributed by atoms with van der Waals surface area (Å²) in [5.41, 5.74) is 1.76. The molecule has 1 unspecified atom stereocenters. The maximum absolute atomic E-state index is 12.5. The van der Waals surface area contributed by atoms with Gasteiger partial charge in [-0.15, -0.1) is 0 Å². The first-order valence-electron chi connectivity index (χ1n) is 7.61. The Morgan fingerprint density at radius 1 is 1.00 bits per heavy atom. The van der Waals surface area contributed by atoms with Crippen LogP contribution in [0.1, 0.15) is 29.8 Å². The first-order chi connectivity index (χ1) is 10.6. The van der Waals surface area contributed by atoms with Gasteiger partial charge in [0, 0.05) is 12.1 Å². The summed E-state index contributed by atoms with van der Waals surface area (Å²) >= 11 is 0. The fraction of sp³-hybridized carbons (Fsp3) is 0.333. The van der Waals surface area contributed by atoms with E-state index in [1.54, 1.807) is 6.92 Å². The lowest BCUT2D eigenvalue weighted by atomic mass is 9.92. The van der Waals surface area contributed by atoms with E-state index in [1.807, 2.05) is 37.3 Å². The van der Waals surface area contributed by atoms with Gasteiger partial charge < -0.3 is 0 Å². The minimum atomic E-state index is -0.622. The molecule has 2 aromatic carbocycles. The fourth-order valence-electron chi connectivity index (χ4n) is 2.78. The molecule has 0 aliphatic carbocycles. The van der Waals surface area contributed by atoms with Gasteiger partial charge >= 0.3 is 0 Å². The van der Waals surface area contributed by atoms with Gasteiger partial charge in [0.25, 0.3) is 0 Å². The molecule has 2 bridgehead atoms. The van der Waals surface area contributed by atoms with Crippen molar-refractivity contribution in [1.82, 2.24) is 10.6 Å². The van der Waals surface area contributed by atoms with Crippen molar-refractivity contribution in [3.63, 3.8) is 0 Å². The molecule has 0 radical (unpaired) electrons. The van der Waals surface area contributed by atoms with Crippen LogP contribution in [0.5, 0.6) is 0 Å². The molecule has 0 aromatic heterocycles. The van der Waals surface area contributed by atoms with Crippen LogP contribution in [0.15, 0.2) is 36.4 Å². The standard InChI is InChI=1S/C18H20N2O2/c1-11-17(21)10-20-12(2)19-9-15-5-3-4-13-6-7-14(18(11)22)8-16(13)15/h3-8,11-12,19-20H,9-10H2,1-2H3/t11-,12?/m1/s1. The molecule has 2 atom stereocenters. The average Bonchev–Trinajstić information content (AvgIpc) is 2.55. The highest BCUT2D eigenvalue weighted by atomic mass is 16.2. The van der Waals surface area contributed by atoms with E-state index < -0.39 is 5.92 Å². The highest BCUT2D eigenvalue weighted by Gasteiger charge is 2.23. The zero-order valence-corrected chi connectivity index (χ0v) is 12.8. The van der Waals surface area contributed by atoms with Crippen LogP contribution >= 0.6 is 0 Å². The summed E-state index contributed by atoms with van der Waals surface area (Å²) in [5.74, 6) is -0.805. The van der Waals surface area contributed by atoms with Crippen molar-refractivity contribution in [2.24, 2.45) is 5.92 Å². The molecular weight excluding hydrogens is 276 g/mol. The van der Waals surface area contributed by atoms with Gasteiger partial charge in [0.05, 0.1) is 18.6 Å². The van der Waals surface area contributed by atoms with Crippen LogP contribution in [-0.2, 0) is 11.3 Å². The maximum Gasteiger partial charge on any atom is 0.173 e. The molecule has 0 amide bonds. The molecule has 22 heavy (non-hydrogen) atoms.